The Bertz CT molecular complexity index is 3490. The lowest BCUT2D eigenvalue weighted by molar-refractivity contribution is 0.591. The van der Waals surface area contributed by atoms with Crippen molar-refractivity contribution in [3.05, 3.63) is 174 Å². The molecule has 0 spiro atoms. The van der Waals surface area contributed by atoms with Crippen molar-refractivity contribution in [1.29, 1.82) is 0 Å². The van der Waals surface area contributed by atoms with Crippen molar-refractivity contribution >= 4 is 121 Å². The van der Waals surface area contributed by atoms with Gasteiger partial charge in [-0.25, -0.2) is 0 Å². The normalized spacial score (nSPS) is 13.6. The van der Waals surface area contributed by atoms with Gasteiger partial charge in [-0.1, -0.05) is 126 Å². The first-order valence-corrected chi connectivity index (χ1v) is 24.6. The molecule has 0 atom stereocenters. The van der Waals surface area contributed by atoms with Gasteiger partial charge in [0, 0.05) is 54.0 Å². The van der Waals surface area contributed by atoms with Crippen molar-refractivity contribution in [2.45, 2.75) is 59.3 Å². The number of fused-ring (bicyclic) bond motifs is 10. The van der Waals surface area contributed by atoms with E-state index in [4.69, 9.17) is 8.83 Å². The van der Waals surface area contributed by atoms with Crippen LogP contribution in [0.3, 0.4) is 0 Å². The van der Waals surface area contributed by atoms with Gasteiger partial charge >= 0.3 is 0 Å². The number of thiophene rings is 2. The molecule has 13 rings (SSSR count). The predicted octanol–water partition coefficient (Wildman–Crippen LogP) is 15.9. The molecule has 4 aromatic heterocycles. The van der Waals surface area contributed by atoms with Crippen molar-refractivity contribution in [2.24, 2.45) is 0 Å². The second kappa shape index (κ2) is 14.1. The van der Waals surface area contributed by atoms with Crippen LogP contribution in [-0.2, 0) is 10.8 Å². The third-order valence-corrected chi connectivity index (χ3v) is 16.2. The van der Waals surface area contributed by atoms with Crippen LogP contribution in [0.1, 0.15) is 58.2 Å². The minimum absolute atomic E-state index is 0.0156. The smallest absolute Gasteiger partial charge is 0.256 e. The number of benzene rings is 7. The molecule has 66 heavy (non-hydrogen) atoms. The lowest BCUT2D eigenvalue weighted by Crippen LogP contribution is -2.60. The summed E-state index contributed by atoms with van der Waals surface area (Å²) in [6.07, 6.45) is 0. The number of hydrogen-bond acceptors (Lipinski definition) is 6. The third kappa shape index (κ3) is 6.02. The monoisotopic (exact) mass is 890 g/mol. The number of hydrogen-bond donors (Lipinski definition) is 0. The number of nitrogens with zero attached hydrogens (tertiary/aromatic N) is 2. The molecule has 11 aromatic rings. The Balaban J connectivity index is 1.12. The fourth-order valence-electron chi connectivity index (χ4n) is 10.5. The van der Waals surface area contributed by atoms with Gasteiger partial charge in [0.2, 0.25) is 0 Å². The minimum Gasteiger partial charge on any atom is -0.456 e. The summed E-state index contributed by atoms with van der Waals surface area (Å²) in [6, 6.07) is 58.1. The Kier molecular flexibility index (Phi) is 8.45. The van der Waals surface area contributed by atoms with Crippen LogP contribution in [0, 0.1) is 6.92 Å². The largest absolute Gasteiger partial charge is 0.456 e. The molecule has 0 radical (unpaired) electrons. The van der Waals surface area contributed by atoms with E-state index in [1.807, 2.05) is 46.9 Å². The van der Waals surface area contributed by atoms with Gasteiger partial charge in [0.15, 0.2) is 0 Å². The minimum atomic E-state index is -0.0193. The number of furan rings is 2. The Morgan fingerprint density at radius 2 is 0.909 bits per heavy atom. The van der Waals surface area contributed by atoms with Gasteiger partial charge in [-0.2, -0.15) is 0 Å². The van der Waals surface area contributed by atoms with Gasteiger partial charge in [0.25, 0.3) is 6.71 Å². The molecule has 0 fully saturated rings. The van der Waals surface area contributed by atoms with Crippen LogP contribution in [0.4, 0.5) is 32.8 Å². The molecule has 0 aliphatic carbocycles. The fraction of sp³-hybridized carbons (Fsp3) is 0.153. The molecule has 7 heteroatoms. The van der Waals surface area contributed by atoms with E-state index in [-0.39, 0.29) is 17.5 Å². The summed E-state index contributed by atoms with van der Waals surface area (Å²) in [6.45, 7) is 16.2. The first-order valence-electron chi connectivity index (χ1n) is 22.9. The van der Waals surface area contributed by atoms with E-state index in [1.165, 1.54) is 74.6 Å². The highest BCUT2D eigenvalue weighted by molar-refractivity contribution is 7.29. The molecule has 320 valence electrons. The molecule has 0 saturated heterocycles. The van der Waals surface area contributed by atoms with Crippen LogP contribution in [0.15, 0.2) is 167 Å². The zero-order valence-corrected chi connectivity index (χ0v) is 39.7. The molecule has 0 bridgehead atoms. The van der Waals surface area contributed by atoms with E-state index in [1.54, 1.807) is 0 Å². The predicted molar refractivity (Wildman–Crippen MR) is 284 cm³/mol. The third-order valence-electron chi connectivity index (χ3n) is 13.8. The van der Waals surface area contributed by atoms with Crippen molar-refractivity contribution < 1.29 is 8.83 Å². The number of anilines is 6. The SMILES string of the molecule is Cc1cc2c3c(c1)N(c1cccc(-c4cc5ccccc5o4)c1)c1sc4ccc(C(C)(C)C)cc4c1B3c1c(sc3ccc(C(C)(C)C)cc13)N2c1cccc(-c2cc3ccccc3o2)c1. The molecule has 2 aliphatic rings. The quantitative estimate of drug-likeness (QED) is 0.165. The summed E-state index contributed by atoms with van der Waals surface area (Å²) in [5.41, 5.74) is 16.5. The van der Waals surface area contributed by atoms with E-state index in [0.29, 0.717) is 0 Å². The maximum atomic E-state index is 6.51. The summed E-state index contributed by atoms with van der Waals surface area (Å²) in [7, 11) is 0. The summed E-state index contributed by atoms with van der Waals surface area (Å²) < 4.78 is 15.6. The van der Waals surface area contributed by atoms with E-state index >= 15 is 0 Å². The molecule has 2 aliphatic heterocycles. The summed E-state index contributed by atoms with van der Waals surface area (Å²) in [5.74, 6) is 1.73. The molecule has 6 heterocycles. The molecular formula is C59H47BN2O2S2. The summed E-state index contributed by atoms with van der Waals surface area (Å²) in [4.78, 5) is 5.13. The first-order chi connectivity index (χ1) is 31.9. The van der Waals surface area contributed by atoms with Gasteiger partial charge < -0.3 is 18.6 Å². The second-order valence-electron chi connectivity index (χ2n) is 20.3. The zero-order chi connectivity index (χ0) is 44.8. The van der Waals surface area contributed by atoms with Crippen molar-refractivity contribution in [3.8, 4) is 22.6 Å². The van der Waals surface area contributed by atoms with E-state index in [9.17, 15) is 0 Å². The lowest BCUT2D eigenvalue weighted by atomic mass is 9.33. The van der Waals surface area contributed by atoms with Crippen LogP contribution < -0.4 is 26.2 Å². The van der Waals surface area contributed by atoms with Gasteiger partial charge in [-0.05, 0) is 134 Å². The second-order valence-corrected chi connectivity index (χ2v) is 22.3. The van der Waals surface area contributed by atoms with Gasteiger partial charge in [-0.15, -0.1) is 22.7 Å². The maximum absolute atomic E-state index is 6.51. The van der Waals surface area contributed by atoms with Crippen LogP contribution in [0.25, 0.3) is 64.8 Å². The molecule has 0 unspecified atom stereocenters. The number of aryl methyl sites for hydroxylation is 1. The van der Waals surface area contributed by atoms with Crippen LogP contribution in [-0.4, -0.2) is 6.71 Å². The molecule has 0 N–H and O–H groups in total. The van der Waals surface area contributed by atoms with Crippen molar-refractivity contribution in [2.75, 3.05) is 9.80 Å². The molecule has 4 nitrogen and oxygen atoms in total. The highest BCUT2D eigenvalue weighted by Gasteiger charge is 2.47. The Morgan fingerprint density at radius 3 is 1.35 bits per heavy atom. The van der Waals surface area contributed by atoms with Crippen molar-refractivity contribution in [1.82, 2.24) is 0 Å². The van der Waals surface area contributed by atoms with Gasteiger partial charge in [0.05, 0.1) is 10.0 Å². The fourth-order valence-corrected chi connectivity index (χ4v) is 13.0. The Labute approximate surface area is 393 Å². The Morgan fingerprint density at radius 1 is 0.455 bits per heavy atom. The molecular weight excluding hydrogens is 844 g/mol. The average Bonchev–Trinajstić information content (AvgIpc) is 4.10. The summed E-state index contributed by atoms with van der Waals surface area (Å²) >= 11 is 3.83. The number of rotatable bonds is 4. The number of para-hydroxylation sites is 2. The molecule has 0 saturated carbocycles. The van der Waals surface area contributed by atoms with Gasteiger partial charge in [-0.3, -0.25) is 0 Å². The van der Waals surface area contributed by atoms with E-state index in [0.717, 1.165) is 56.0 Å². The lowest BCUT2D eigenvalue weighted by Gasteiger charge is -2.42. The first kappa shape index (κ1) is 39.6. The highest BCUT2D eigenvalue weighted by Crippen LogP contribution is 2.52. The molecule has 7 aromatic carbocycles. The molecule has 0 amide bonds. The van der Waals surface area contributed by atoms with Crippen LogP contribution in [0.5, 0.6) is 0 Å². The maximum Gasteiger partial charge on any atom is 0.256 e. The topological polar surface area (TPSA) is 32.8 Å². The van der Waals surface area contributed by atoms with E-state index < -0.39 is 0 Å². The van der Waals surface area contributed by atoms with Gasteiger partial charge in [0.1, 0.15) is 22.7 Å². The van der Waals surface area contributed by atoms with Crippen LogP contribution >= 0.6 is 22.7 Å². The van der Waals surface area contributed by atoms with Crippen LogP contribution in [0.2, 0.25) is 0 Å². The summed E-state index contributed by atoms with van der Waals surface area (Å²) in [5, 5.41) is 7.41. The highest BCUT2D eigenvalue weighted by atomic mass is 32.1. The average molecular weight is 891 g/mol. The Hall–Kier alpha value is -6.80. The zero-order valence-electron chi connectivity index (χ0n) is 38.1. The van der Waals surface area contributed by atoms with Crippen molar-refractivity contribution in [3.63, 3.8) is 0 Å². The van der Waals surface area contributed by atoms with E-state index in [2.05, 4.69) is 192 Å². The standard InChI is InChI=1S/C59H47BN2O2S2/c1-34-26-45-55-46(27-34)62(42-19-13-17-36(29-42)50-31-38-15-9-11-21-48(38)64-50)57-54(44-33-40(59(5,6)7)23-25-52(44)66-57)60(55)53-43-32-39(58(2,3)4)22-24-51(43)65-56(53)61(45)41-18-12-16-35(28-41)49-30-37-14-8-10-20-47(37)63-49/h8-33H,1-7H3.